The fraction of sp³-hybridized carbons (Fsp3) is 0.581. The molecule has 6 rings (SSSR count). The van der Waals surface area contributed by atoms with Crippen LogP contribution in [0.4, 0.5) is 0 Å². The molecule has 2 amide bonds. The number of sulfonamides is 1. The Hall–Kier alpha value is -4.59. The predicted molar refractivity (Wildman–Crippen MR) is 213 cm³/mol. The number of nitrogens with one attached hydrogen (secondary N) is 1. The van der Waals surface area contributed by atoms with Crippen LogP contribution in [0.1, 0.15) is 97.8 Å². The van der Waals surface area contributed by atoms with E-state index in [-0.39, 0.29) is 50.9 Å². The van der Waals surface area contributed by atoms with E-state index >= 15 is 0 Å². The van der Waals surface area contributed by atoms with Gasteiger partial charge in [-0.05, 0) is 107 Å². The van der Waals surface area contributed by atoms with E-state index in [1.54, 1.807) is 52.3 Å². The number of fused-ring (bicyclic) bond motifs is 1. The largest absolute Gasteiger partial charge is 0.497 e. The normalized spacial score (nSPS) is 24.3. The van der Waals surface area contributed by atoms with Crippen LogP contribution in [0.5, 0.6) is 11.6 Å². The number of amides is 2. The molecule has 13 nitrogen and oxygen atoms in total. The number of rotatable bonds is 18. The summed E-state index contributed by atoms with van der Waals surface area (Å²) in [5.41, 5.74) is -2.16. The number of Topliss-reactive ketones (excluding diaryl/α,β-unsaturated/α-hetero) is 1. The maximum Gasteiger partial charge on any atom is 0.307 e. The van der Waals surface area contributed by atoms with Crippen molar-refractivity contribution in [2.24, 2.45) is 23.2 Å². The van der Waals surface area contributed by atoms with Crippen molar-refractivity contribution in [3.63, 3.8) is 0 Å². The van der Waals surface area contributed by atoms with E-state index in [9.17, 15) is 32.4 Å². The second kappa shape index (κ2) is 17.1. The van der Waals surface area contributed by atoms with Gasteiger partial charge in [-0.1, -0.05) is 25.0 Å². The highest BCUT2D eigenvalue weighted by Gasteiger charge is 2.61. The number of benzene rings is 1. The number of carbonyl (C=O) groups excluding carboxylic acids is 5. The minimum Gasteiger partial charge on any atom is -0.497 e. The van der Waals surface area contributed by atoms with E-state index in [1.165, 1.54) is 4.90 Å². The molecule has 0 unspecified atom stereocenters. The molecule has 4 fully saturated rings. The lowest BCUT2D eigenvalue weighted by Gasteiger charge is -2.29. The van der Waals surface area contributed by atoms with Crippen LogP contribution in [-0.4, -0.2) is 84.3 Å². The van der Waals surface area contributed by atoms with Crippen LogP contribution in [0.3, 0.4) is 0 Å². The van der Waals surface area contributed by atoms with Gasteiger partial charge in [0.2, 0.25) is 27.7 Å². The van der Waals surface area contributed by atoms with E-state index in [2.05, 4.69) is 16.3 Å². The molecule has 2 heterocycles. The van der Waals surface area contributed by atoms with Crippen molar-refractivity contribution in [1.82, 2.24) is 14.6 Å². The standard InChI is InChI=1S/C43H55N3O10S/c1-6-30-24-43(30,41(51)45-57(52,53)34-16-17-34)25-37(48)36-23-33(55-39-35-18-15-32(54-5)21-28(35)19-20-44-39)26-46(36)40(50)29(22-38(49)56-42(2,3)4)12-14-31(47)13-11-27-9-7-8-10-27/h6,11,13,15,18-21,27,29-30,33-34,36H,1,7-10,12,14,16-17,22-26H2,2-5H3,(H,45,51)/b13-11+/t29-,30-,33-,36+,43-/m1/s1. The zero-order valence-electron chi connectivity index (χ0n) is 33.4. The SMILES string of the molecule is C=C[C@@H]1C[C@]1(CC(=O)[C@@H]1C[C@@H](Oc2nccc3cc(OC)ccc23)CN1C(=O)[C@H](CCC(=O)/C=C/C1CCCC1)CC(=O)OC(C)(C)C)C(=O)NS(=O)(=O)C1CC1. The smallest absolute Gasteiger partial charge is 0.307 e. The number of hydrogen-bond donors (Lipinski definition) is 1. The van der Waals surface area contributed by atoms with Crippen LogP contribution in [0.2, 0.25) is 0 Å². The van der Waals surface area contributed by atoms with E-state index in [0.29, 0.717) is 35.8 Å². The van der Waals surface area contributed by atoms with Gasteiger partial charge in [0.1, 0.15) is 17.5 Å². The molecule has 0 spiro atoms. The first-order valence-corrected chi connectivity index (χ1v) is 21.6. The molecule has 3 saturated carbocycles. The number of ether oxygens (including phenoxy) is 3. The molecule has 4 aliphatic rings. The third-order valence-electron chi connectivity index (χ3n) is 11.6. The average Bonchev–Trinajstić information content (AvgIpc) is 4.04. The van der Waals surface area contributed by atoms with Gasteiger partial charge >= 0.3 is 5.97 Å². The third kappa shape index (κ3) is 10.3. The van der Waals surface area contributed by atoms with Crippen molar-refractivity contribution in [3.8, 4) is 11.6 Å². The van der Waals surface area contributed by atoms with E-state index in [0.717, 1.165) is 31.1 Å². The lowest BCUT2D eigenvalue weighted by atomic mass is 9.90. The molecular formula is C43H55N3O10S. The molecular weight excluding hydrogens is 751 g/mol. The Morgan fingerprint density at radius 2 is 1.82 bits per heavy atom. The highest BCUT2D eigenvalue weighted by Crippen LogP contribution is 2.57. The maximum absolute atomic E-state index is 14.7. The highest BCUT2D eigenvalue weighted by atomic mass is 32.2. The Labute approximate surface area is 335 Å². The number of likely N-dealkylation sites (tertiary alicyclic amines) is 1. The first kappa shape index (κ1) is 42.0. The predicted octanol–water partition coefficient (Wildman–Crippen LogP) is 5.80. The van der Waals surface area contributed by atoms with Gasteiger partial charge < -0.3 is 19.1 Å². The van der Waals surface area contributed by atoms with Crippen molar-refractivity contribution < 1.29 is 46.6 Å². The number of pyridine rings is 1. The summed E-state index contributed by atoms with van der Waals surface area (Å²) in [7, 11) is -2.32. The number of aromatic nitrogens is 1. The average molecular weight is 806 g/mol. The molecule has 1 N–H and O–H groups in total. The molecule has 14 heteroatoms. The topological polar surface area (TPSA) is 175 Å². The summed E-state index contributed by atoms with van der Waals surface area (Å²) in [6.07, 6.45) is 10.9. The molecule has 3 aliphatic carbocycles. The van der Waals surface area contributed by atoms with Gasteiger partial charge in [-0.25, -0.2) is 13.4 Å². The van der Waals surface area contributed by atoms with Gasteiger partial charge in [-0.15, -0.1) is 6.58 Å². The zero-order chi connectivity index (χ0) is 41.1. The zero-order valence-corrected chi connectivity index (χ0v) is 34.2. The highest BCUT2D eigenvalue weighted by molar-refractivity contribution is 7.90. The molecule has 5 atom stereocenters. The Kier molecular flexibility index (Phi) is 12.6. The number of nitrogens with zero attached hydrogens (tertiary/aromatic N) is 2. The molecule has 1 aromatic heterocycles. The van der Waals surface area contributed by atoms with Crippen LogP contribution in [0.25, 0.3) is 10.8 Å². The molecule has 57 heavy (non-hydrogen) atoms. The van der Waals surface area contributed by atoms with Crippen molar-refractivity contribution in [3.05, 3.63) is 55.3 Å². The summed E-state index contributed by atoms with van der Waals surface area (Å²) in [6.45, 7) is 8.96. The number of esters is 1. The first-order chi connectivity index (χ1) is 27.0. The molecule has 1 aromatic carbocycles. The summed E-state index contributed by atoms with van der Waals surface area (Å²) < 4.78 is 45.2. The lowest BCUT2D eigenvalue weighted by molar-refractivity contribution is -0.159. The number of methoxy groups -OCH3 is 1. The van der Waals surface area contributed by atoms with Crippen molar-refractivity contribution in [1.29, 1.82) is 0 Å². The van der Waals surface area contributed by atoms with Crippen LogP contribution in [0.15, 0.2) is 55.3 Å². The Morgan fingerprint density at radius 3 is 2.47 bits per heavy atom. The minimum atomic E-state index is -3.89. The summed E-state index contributed by atoms with van der Waals surface area (Å²) >= 11 is 0. The minimum absolute atomic E-state index is 0.0119. The van der Waals surface area contributed by atoms with Gasteiger partial charge in [0.25, 0.3) is 0 Å². The fourth-order valence-electron chi connectivity index (χ4n) is 8.17. The van der Waals surface area contributed by atoms with Gasteiger partial charge in [0.15, 0.2) is 11.6 Å². The Morgan fingerprint density at radius 1 is 1.09 bits per heavy atom. The van der Waals surface area contributed by atoms with Crippen LogP contribution in [-0.2, 0) is 38.7 Å². The molecule has 0 bridgehead atoms. The second-order valence-corrected chi connectivity index (χ2v) is 19.1. The van der Waals surface area contributed by atoms with E-state index in [1.807, 2.05) is 24.3 Å². The molecule has 2 aromatic rings. The number of carbonyl (C=O) groups is 5. The summed E-state index contributed by atoms with van der Waals surface area (Å²) in [6, 6.07) is 6.16. The first-order valence-electron chi connectivity index (χ1n) is 20.1. The van der Waals surface area contributed by atoms with Crippen LogP contribution in [0, 0.1) is 23.2 Å². The van der Waals surface area contributed by atoms with Crippen molar-refractivity contribution in [2.45, 2.75) is 121 Å². The van der Waals surface area contributed by atoms with Crippen molar-refractivity contribution in [2.75, 3.05) is 13.7 Å². The Bertz CT molecular complexity index is 2030. The number of allylic oxidation sites excluding steroid dienone is 3. The monoisotopic (exact) mass is 805 g/mol. The quantitative estimate of drug-likeness (QED) is 0.110. The van der Waals surface area contributed by atoms with E-state index in [4.69, 9.17) is 14.2 Å². The van der Waals surface area contributed by atoms with Gasteiger partial charge in [-0.3, -0.25) is 28.7 Å². The van der Waals surface area contributed by atoms with Crippen LogP contribution >= 0.6 is 0 Å². The van der Waals surface area contributed by atoms with Gasteiger partial charge in [-0.2, -0.15) is 0 Å². The molecule has 1 aliphatic heterocycles. The Balaban J connectivity index is 1.27. The van der Waals surface area contributed by atoms with Crippen molar-refractivity contribution >= 4 is 50.1 Å². The van der Waals surface area contributed by atoms with Crippen LogP contribution < -0.4 is 14.2 Å². The molecule has 0 radical (unpaired) electrons. The number of hydrogen-bond acceptors (Lipinski definition) is 11. The van der Waals surface area contributed by atoms with E-state index < -0.39 is 73.8 Å². The van der Waals surface area contributed by atoms with Gasteiger partial charge in [0, 0.05) is 36.8 Å². The third-order valence-corrected chi connectivity index (χ3v) is 13.4. The summed E-state index contributed by atoms with van der Waals surface area (Å²) in [4.78, 5) is 74.9. The molecule has 308 valence electrons. The van der Waals surface area contributed by atoms with Gasteiger partial charge in [0.05, 0.1) is 36.8 Å². The fourth-order valence-corrected chi connectivity index (χ4v) is 9.56. The number of ketones is 2. The maximum atomic E-state index is 14.7. The lowest BCUT2D eigenvalue weighted by Crippen LogP contribution is -2.46. The summed E-state index contributed by atoms with van der Waals surface area (Å²) in [5, 5.41) is 0.865. The molecule has 1 saturated heterocycles. The second-order valence-electron chi connectivity index (χ2n) is 17.1. The summed E-state index contributed by atoms with van der Waals surface area (Å²) in [5.74, 6) is -2.62.